The third-order valence-electron chi connectivity index (χ3n) is 7.34. The summed E-state index contributed by atoms with van der Waals surface area (Å²) in [5.74, 6) is -4.51. The Labute approximate surface area is 295 Å². The van der Waals surface area contributed by atoms with Crippen LogP contribution in [0.2, 0.25) is 0 Å². The van der Waals surface area contributed by atoms with Crippen molar-refractivity contribution in [2.75, 3.05) is 99.0 Å². The van der Waals surface area contributed by atoms with Crippen molar-refractivity contribution in [2.24, 2.45) is 0 Å². The van der Waals surface area contributed by atoms with E-state index in [1.165, 1.54) is 7.11 Å². The maximum Gasteiger partial charge on any atom is 3.00 e. The molecule has 1 aromatic rings. The van der Waals surface area contributed by atoms with Gasteiger partial charge < -0.3 is 49.0 Å². The first kappa shape index (κ1) is 41.0. The molecule has 1 radical (unpaired) electrons. The van der Waals surface area contributed by atoms with Crippen LogP contribution in [0.5, 0.6) is 5.75 Å². The normalized spacial score (nSPS) is 17.6. The third kappa shape index (κ3) is 15.9. The molecule has 1 aliphatic rings. The molecule has 253 valence electrons. The van der Waals surface area contributed by atoms with Crippen LogP contribution < -0.4 is 20.1 Å². The Kier molecular flexibility index (Phi) is 20.5. The molecule has 1 aromatic carbocycles. The quantitative estimate of drug-likeness (QED) is 0.149. The molecule has 2 atom stereocenters. The van der Waals surface area contributed by atoms with Crippen molar-refractivity contribution in [1.82, 2.24) is 19.6 Å². The number of rotatable bonds is 17. The van der Waals surface area contributed by atoms with Crippen molar-refractivity contribution >= 4 is 23.9 Å². The number of nitrogens with zero attached hydrogens (tertiary/aromatic N) is 4. The number of ether oxygens (including phenoxy) is 3. The summed E-state index contributed by atoms with van der Waals surface area (Å²) in [7, 11) is 1.34. The molecule has 0 aromatic heterocycles. The monoisotopic (exact) mass is 781 g/mol. The van der Waals surface area contributed by atoms with E-state index in [-0.39, 0.29) is 105 Å². The Bertz CT molecular complexity index is 1020. The molecule has 1 N–H and O–H groups in total. The fourth-order valence-electron chi connectivity index (χ4n) is 4.99. The van der Waals surface area contributed by atoms with E-state index in [0.29, 0.717) is 25.6 Å². The molecule has 16 heteroatoms. The standard InChI is InChI=1S/C29H46N4O11.Gd/c1-3-43-16-17-44-23-6-4-22(5-7-23)18-24(28(38)39)32-12-8-30(19-26(34)35)10-14-33(25(21-42-2)29(40)41)15-11-31(9-13-32)20-27(36)37;/h4-7,24-25H,3,8-21H2,1-2H3,(H,34,35)(H,36,37)(H,38,39)(H,40,41);/q;+3/p-3. The van der Waals surface area contributed by atoms with Gasteiger partial charge >= 0.3 is 45.9 Å². The van der Waals surface area contributed by atoms with Crippen molar-refractivity contribution in [2.45, 2.75) is 25.4 Å². The Morgan fingerprint density at radius 1 is 0.800 bits per heavy atom. The number of carbonyl (C=O) groups is 4. The number of aliphatic carboxylic acids is 4. The Morgan fingerprint density at radius 2 is 1.29 bits per heavy atom. The summed E-state index contributed by atoms with van der Waals surface area (Å²) in [6.07, 6.45) is 0.133. The van der Waals surface area contributed by atoms with Crippen molar-refractivity contribution in [3.8, 4) is 5.75 Å². The molecular formula is C29H43GdN4O11. The van der Waals surface area contributed by atoms with E-state index in [9.17, 15) is 39.6 Å². The molecule has 0 amide bonds. The van der Waals surface area contributed by atoms with E-state index in [1.54, 1.807) is 43.9 Å². The first-order chi connectivity index (χ1) is 21.0. The summed E-state index contributed by atoms with van der Waals surface area (Å²) in [4.78, 5) is 53.8. The molecule has 1 fully saturated rings. The second-order valence-electron chi connectivity index (χ2n) is 10.4. The zero-order chi connectivity index (χ0) is 32.5. The topological polar surface area (TPSA) is 198 Å². The number of benzene rings is 1. The van der Waals surface area contributed by atoms with Crippen LogP contribution >= 0.6 is 0 Å². The maximum absolute atomic E-state index is 12.5. The van der Waals surface area contributed by atoms with Crippen LogP contribution in [0.1, 0.15) is 12.5 Å². The summed E-state index contributed by atoms with van der Waals surface area (Å²) < 4.78 is 15.9. The minimum Gasteiger partial charge on any atom is -0.549 e. The van der Waals surface area contributed by atoms with Gasteiger partial charge in [-0.15, -0.1) is 0 Å². The SMILES string of the molecule is CCOCCOc1ccc(CC(C(=O)O)N2CCN(CC(=O)[O-])CCN(C(COC)C(=O)[O-])CCN(CC(=O)[O-])CC2)cc1.[Gd+3]. The zero-order valence-electron chi connectivity index (χ0n) is 25.7. The average molecular weight is 781 g/mol. The molecule has 45 heavy (non-hydrogen) atoms. The van der Waals surface area contributed by atoms with Crippen molar-refractivity contribution < 1.29 is 93.8 Å². The number of hydrogen-bond donors (Lipinski definition) is 1. The average Bonchev–Trinajstić information content (AvgIpc) is 2.96. The summed E-state index contributed by atoms with van der Waals surface area (Å²) >= 11 is 0. The van der Waals surface area contributed by atoms with E-state index in [1.807, 2.05) is 6.92 Å². The summed E-state index contributed by atoms with van der Waals surface area (Å²) in [5.41, 5.74) is 0.737. The van der Waals surface area contributed by atoms with Gasteiger partial charge in [-0.3, -0.25) is 24.4 Å². The summed E-state index contributed by atoms with van der Waals surface area (Å²) in [6.45, 7) is 3.25. The van der Waals surface area contributed by atoms with Crippen molar-refractivity contribution in [3.05, 3.63) is 29.8 Å². The predicted molar refractivity (Wildman–Crippen MR) is 150 cm³/mol. The van der Waals surface area contributed by atoms with Gasteiger partial charge in [0.15, 0.2) is 0 Å². The molecular weight excluding hydrogens is 738 g/mol. The molecule has 1 saturated heterocycles. The molecule has 1 heterocycles. The van der Waals surface area contributed by atoms with Gasteiger partial charge in [-0.1, -0.05) is 12.1 Å². The summed E-state index contributed by atoms with van der Waals surface area (Å²) in [6, 6.07) is 4.89. The first-order valence-electron chi connectivity index (χ1n) is 14.6. The van der Waals surface area contributed by atoms with Crippen LogP contribution in [0, 0.1) is 39.9 Å². The van der Waals surface area contributed by atoms with Crippen LogP contribution in [0.15, 0.2) is 24.3 Å². The fraction of sp³-hybridized carbons (Fsp3) is 0.655. The molecule has 15 nitrogen and oxygen atoms in total. The van der Waals surface area contributed by atoms with Gasteiger partial charge in [-0.05, 0) is 31.0 Å². The Balaban J connectivity index is 0.0000101. The smallest absolute Gasteiger partial charge is 0.549 e. The maximum atomic E-state index is 12.5. The van der Waals surface area contributed by atoms with E-state index in [0.717, 1.165) is 5.56 Å². The van der Waals surface area contributed by atoms with Gasteiger partial charge in [0.25, 0.3) is 0 Å². The molecule has 0 saturated carbocycles. The second kappa shape index (κ2) is 22.5. The van der Waals surface area contributed by atoms with Crippen LogP contribution in [0.25, 0.3) is 0 Å². The largest absolute Gasteiger partial charge is 3.00 e. The number of carboxylic acid groups (broad SMARTS) is 4. The molecule has 0 aliphatic carbocycles. The van der Waals surface area contributed by atoms with Gasteiger partial charge in [-0.25, -0.2) is 0 Å². The zero-order valence-corrected chi connectivity index (χ0v) is 28.0. The minimum absolute atomic E-state index is 0. The van der Waals surface area contributed by atoms with Crippen molar-refractivity contribution in [1.29, 1.82) is 0 Å². The van der Waals surface area contributed by atoms with Gasteiger partial charge in [0.2, 0.25) is 0 Å². The van der Waals surface area contributed by atoms with Crippen LogP contribution in [-0.2, 0) is 35.1 Å². The number of carboxylic acids is 4. The third-order valence-corrected chi connectivity index (χ3v) is 7.34. The van der Waals surface area contributed by atoms with Crippen molar-refractivity contribution in [3.63, 3.8) is 0 Å². The van der Waals surface area contributed by atoms with E-state index >= 15 is 0 Å². The van der Waals surface area contributed by atoms with Crippen LogP contribution in [-0.4, -0.2) is 160 Å². The Hall–Kier alpha value is -2.02. The van der Waals surface area contributed by atoms with Crippen LogP contribution in [0.4, 0.5) is 0 Å². The van der Waals surface area contributed by atoms with Gasteiger partial charge in [0, 0.05) is 79.2 Å². The minimum atomic E-state index is -1.38. The van der Waals surface area contributed by atoms with E-state index in [2.05, 4.69) is 0 Å². The molecule has 1 aliphatic heterocycles. The Morgan fingerprint density at radius 3 is 1.69 bits per heavy atom. The second-order valence-corrected chi connectivity index (χ2v) is 10.4. The predicted octanol–water partition coefficient (Wildman–Crippen LogP) is -4.42. The molecule has 2 unspecified atom stereocenters. The summed E-state index contributed by atoms with van der Waals surface area (Å²) in [5, 5.41) is 45.1. The van der Waals surface area contributed by atoms with Crippen LogP contribution in [0.3, 0.4) is 0 Å². The number of methoxy groups -OCH3 is 1. The van der Waals surface area contributed by atoms with Gasteiger partial charge in [0.05, 0.1) is 37.2 Å². The first-order valence-corrected chi connectivity index (χ1v) is 14.6. The van der Waals surface area contributed by atoms with E-state index < -0.39 is 49.1 Å². The number of carbonyl (C=O) groups excluding carboxylic acids is 3. The number of hydrogen-bond acceptors (Lipinski definition) is 14. The van der Waals surface area contributed by atoms with Gasteiger partial charge in [-0.2, -0.15) is 0 Å². The van der Waals surface area contributed by atoms with Gasteiger partial charge in [0.1, 0.15) is 18.4 Å². The molecule has 2 rings (SSSR count). The molecule has 0 bridgehead atoms. The molecule has 0 spiro atoms. The fourth-order valence-corrected chi connectivity index (χ4v) is 4.99. The van der Waals surface area contributed by atoms with E-state index in [4.69, 9.17) is 14.2 Å².